The number of nitrogens with one attached hydrogen (secondary N) is 1. The van der Waals surface area contributed by atoms with Gasteiger partial charge in [0, 0.05) is 31.9 Å². The summed E-state index contributed by atoms with van der Waals surface area (Å²) < 4.78 is 0. The van der Waals surface area contributed by atoms with Crippen LogP contribution in [-0.2, 0) is 0 Å². The van der Waals surface area contributed by atoms with E-state index in [9.17, 15) is 0 Å². The highest BCUT2D eigenvalue weighted by Crippen LogP contribution is 2.25. The van der Waals surface area contributed by atoms with Gasteiger partial charge in [-0.3, -0.25) is 0 Å². The van der Waals surface area contributed by atoms with E-state index in [-0.39, 0.29) is 0 Å². The highest BCUT2D eigenvalue weighted by atomic mass is 15.1. The van der Waals surface area contributed by atoms with Crippen molar-refractivity contribution in [3.05, 3.63) is 29.3 Å². The summed E-state index contributed by atoms with van der Waals surface area (Å²) in [5.41, 5.74) is 4.30. The third kappa shape index (κ3) is 5.16. The third-order valence-corrected chi connectivity index (χ3v) is 4.06. The van der Waals surface area contributed by atoms with E-state index in [0.29, 0.717) is 11.5 Å². The fourth-order valence-corrected chi connectivity index (χ4v) is 2.58. The molecular formula is C18H32N2. The predicted molar refractivity (Wildman–Crippen MR) is 90.7 cm³/mol. The van der Waals surface area contributed by atoms with Crippen molar-refractivity contribution in [2.45, 2.75) is 54.0 Å². The van der Waals surface area contributed by atoms with E-state index in [2.05, 4.69) is 77.0 Å². The molecule has 2 nitrogen and oxygen atoms in total. The molecule has 0 saturated carbocycles. The highest BCUT2D eigenvalue weighted by Gasteiger charge is 2.24. The molecule has 20 heavy (non-hydrogen) atoms. The average molecular weight is 276 g/mol. The largest absolute Gasteiger partial charge is 0.374 e. The van der Waals surface area contributed by atoms with Crippen molar-refractivity contribution in [3.63, 3.8) is 0 Å². The first-order valence-corrected chi connectivity index (χ1v) is 7.78. The molecule has 0 bridgehead atoms. The number of benzene rings is 1. The van der Waals surface area contributed by atoms with Gasteiger partial charge >= 0.3 is 0 Å². The zero-order chi connectivity index (χ0) is 15.3. The van der Waals surface area contributed by atoms with Gasteiger partial charge in [-0.15, -0.1) is 0 Å². The quantitative estimate of drug-likeness (QED) is 0.804. The van der Waals surface area contributed by atoms with E-state index in [1.54, 1.807) is 0 Å². The van der Waals surface area contributed by atoms with Gasteiger partial charge in [-0.1, -0.05) is 33.8 Å². The van der Waals surface area contributed by atoms with E-state index in [1.807, 2.05) is 0 Å². The number of nitrogens with zero attached hydrogens (tertiary/aromatic N) is 1. The Morgan fingerprint density at radius 3 is 2.15 bits per heavy atom. The Labute approximate surface area is 125 Å². The summed E-state index contributed by atoms with van der Waals surface area (Å²) in [5.74, 6) is 0. The van der Waals surface area contributed by atoms with E-state index in [1.165, 1.54) is 23.2 Å². The van der Waals surface area contributed by atoms with Crippen LogP contribution in [0, 0.1) is 19.3 Å². The van der Waals surface area contributed by atoms with Crippen LogP contribution in [0.1, 0.15) is 45.2 Å². The topological polar surface area (TPSA) is 15.3 Å². The van der Waals surface area contributed by atoms with Gasteiger partial charge in [0.25, 0.3) is 0 Å². The molecule has 1 unspecified atom stereocenters. The molecule has 0 aliphatic heterocycles. The smallest absolute Gasteiger partial charge is 0.0369 e. The lowest BCUT2D eigenvalue weighted by Crippen LogP contribution is -2.42. The van der Waals surface area contributed by atoms with Crippen molar-refractivity contribution in [2.24, 2.45) is 5.41 Å². The average Bonchev–Trinajstić information content (AvgIpc) is 2.35. The van der Waals surface area contributed by atoms with Crippen LogP contribution >= 0.6 is 0 Å². The van der Waals surface area contributed by atoms with Crippen LogP contribution < -0.4 is 10.2 Å². The van der Waals surface area contributed by atoms with Crippen molar-refractivity contribution in [1.29, 1.82) is 0 Å². The molecule has 114 valence electrons. The Kier molecular flexibility index (Phi) is 6.07. The van der Waals surface area contributed by atoms with Gasteiger partial charge in [-0.05, 0) is 48.9 Å². The fraction of sp³-hybridized carbons (Fsp3) is 0.667. The number of hydrogen-bond acceptors (Lipinski definition) is 2. The summed E-state index contributed by atoms with van der Waals surface area (Å²) >= 11 is 0. The minimum Gasteiger partial charge on any atom is -0.374 e. The molecule has 0 saturated heterocycles. The van der Waals surface area contributed by atoms with Crippen LogP contribution in [0.15, 0.2) is 18.2 Å². The second-order valence-corrected chi connectivity index (χ2v) is 6.90. The molecule has 1 aromatic rings. The molecule has 0 aliphatic carbocycles. The summed E-state index contributed by atoms with van der Waals surface area (Å²) in [4.78, 5) is 2.39. The van der Waals surface area contributed by atoms with Crippen LogP contribution in [0.3, 0.4) is 0 Å². The van der Waals surface area contributed by atoms with E-state index in [4.69, 9.17) is 0 Å². The van der Waals surface area contributed by atoms with Crippen LogP contribution in [0.25, 0.3) is 0 Å². The van der Waals surface area contributed by atoms with Crippen LogP contribution in [-0.4, -0.2) is 26.2 Å². The van der Waals surface area contributed by atoms with Gasteiger partial charge < -0.3 is 10.2 Å². The first-order chi connectivity index (χ1) is 9.25. The van der Waals surface area contributed by atoms with Crippen LogP contribution in [0.4, 0.5) is 5.69 Å². The Morgan fingerprint density at radius 1 is 1.15 bits per heavy atom. The second-order valence-electron chi connectivity index (χ2n) is 6.90. The van der Waals surface area contributed by atoms with Crippen molar-refractivity contribution in [3.8, 4) is 0 Å². The van der Waals surface area contributed by atoms with Gasteiger partial charge in [0.2, 0.25) is 0 Å². The van der Waals surface area contributed by atoms with Gasteiger partial charge in [0.15, 0.2) is 0 Å². The Morgan fingerprint density at radius 2 is 1.70 bits per heavy atom. The monoisotopic (exact) mass is 276 g/mol. The Hall–Kier alpha value is -1.02. The van der Waals surface area contributed by atoms with Gasteiger partial charge in [-0.2, -0.15) is 0 Å². The molecule has 0 heterocycles. The lowest BCUT2D eigenvalue weighted by Gasteiger charge is -2.35. The van der Waals surface area contributed by atoms with Crippen molar-refractivity contribution >= 4 is 5.69 Å². The maximum Gasteiger partial charge on any atom is 0.0369 e. The molecule has 1 N–H and O–H groups in total. The molecule has 0 spiro atoms. The molecule has 0 aliphatic rings. The molecular weight excluding hydrogens is 244 g/mol. The normalized spacial score (nSPS) is 14.4. The molecule has 2 heteroatoms. The molecule has 1 aromatic carbocycles. The van der Waals surface area contributed by atoms with E-state index >= 15 is 0 Å². The summed E-state index contributed by atoms with van der Waals surface area (Å²) in [6, 6.07) is 7.33. The summed E-state index contributed by atoms with van der Waals surface area (Å²) in [5, 5.41) is 3.59. The minimum absolute atomic E-state index is 0.302. The molecule has 0 aromatic heterocycles. The zero-order valence-electron chi connectivity index (χ0n) is 14.4. The zero-order valence-corrected chi connectivity index (χ0v) is 14.4. The van der Waals surface area contributed by atoms with E-state index in [0.717, 1.165) is 13.1 Å². The number of hydrogen-bond donors (Lipinski definition) is 1. The summed E-state index contributed by atoms with van der Waals surface area (Å²) in [7, 11) is 2.21. The number of aryl methyl sites for hydroxylation is 2. The molecule has 1 rings (SSSR count). The lowest BCUT2D eigenvalue weighted by molar-refractivity contribution is 0.290. The third-order valence-electron chi connectivity index (χ3n) is 4.06. The fourth-order valence-electron chi connectivity index (χ4n) is 2.58. The van der Waals surface area contributed by atoms with Crippen LogP contribution in [0.5, 0.6) is 0 Å². The molecule has 0 amide bonds. The van der Waals surface area contributed by atoms with Gasteiger partial charge in [0.05, 0.1) is 0 Å². The van der Waals surface area contributed by atoms with E-state index < -0.39 is 0 Å². The Balaban J connectivity index is 2.77. The summed E-state index contributed by atoms with van der Waals surface area (Å²) in [6.45, 7) is 15.6. The van der Waals surface area contributed by atoms with Crippen molar-refractivity contribution in [1.82, 2.24) is 5.32 Å². The van der Waals surface area contributed by atoms with Crippen LogP contribution in [0.2, 0.25) is 0 Å². The van der Waals surface area contributed by atoms with Gasteiger partial charge in [0.1, 0.15) is 0 Å². The lowest BCUT2D eigenvalue weighted by atomic mass is 9.86. The molecule has 1 atom stereocenters. The number of anilines is 1. The molecule has 0 radical (unpaired) electrons. The standard InChI is InChI=1S/C18H32N2/c1-8-18(6,12-19-14(2)3)13-20(7)17-10-15(4)9-16(5)11-17/h9-11,14,19H,8,12-13H2,1-7H3. The van der Waals surface area contributed by atoms with Crippen molar-refractivity contribution < 1.29 is 0 Å². The maximum absolute atomic E-state index is 3.59. The first kappa shape index (κ1) is 17.0. The second kappa shape index (κ2) is 7.12. The molecule has 0 fully saturated rings. The highest BCUT2D eigenvalue weighted by molar-refractivity contribution is 5.50. The summed E-state index contributed by atoms with van der Waals surface area (Å²) in [6.07, 6.45) is 1.18. The minimum atomic E-state index is 0.302. The SMILES string of the molecule is CCC(C)(CNC(C)C)CN(C)c1cc(C)cc(C)c1. The Bertz CT molecular complexity index is 405. The predicted octanol–water partition coefficient (Wildman–Crippen LogP) is 4.15. The number of rotatable bonds is 7. The first-order valence-electron chi connectivity index (χ1n) is 7.78. The van der Waals surface area contributed by atoms with Gasteiger partial charge in [-0.25, -0.2) is 0 Å². The van der Waals surface area contributed by atoms with Crippen molar-refractivity contribution in [2.75, 3.05) is 25.0 Å². The maximum atomic E-state index is 3.59.